The van der Waals surface area contributed by atoms with Crippen LogP contribution in [0, 0.1) is 0 Å². The number of hydrogen-bond acceptors (Lipinski definition) is 1. The Hall–Kier alpha value is -2.54. The molecule has 31 heavy (non-hydrogen) atoms. The van der Waals surface area contributed by atoms with Crippen molar-refractivity contribution >= 4 is 0 Å². The molecule has 170 valence electrons. The van der Waals surface area contributed by atoms with Crippen molar-refractivity contribution in [3.05, 3.63) is 108 Å². The molecule has 0 aliphatic rings. The third-order valence-corrected chi connectivity index (χ3v) is 4.55. The van der Waals surface area contributed by atoms with E-state index in [0.717, 1.165) is 17.7 Å². The van der Waals surface area contributed by atoms with E-state index >= 15 is 0 Å². The molecular weight excluding hydrogens is 374 g/mol. The van der Waals surface area contributed by atoms with Crippen molar-refractivity contribution in [2.24, 2.45) is 0 Å². The van der Waals surface area contributed by atoms with Gasteiger partial charge < -0.3 is 5.32 Å². The van der Waals surface area contributed by atoms with E-state index in [1.54, 1.807) is 0 Å². The number of nitrogens with one attached hydrogen (secondary N) is 1. The first kappa shape index (κ1) is 28.5. The first-order chi connectivity index (χ1) is 14.6. The second kappa shape index (κ2) is 14.5. The maximum Gasteiger partial charge on any atom is 0.109 e. The summed E-state index contributed by atoms with van der Waals surface area (Å²) in [5.74, 6) is 0.484. The van der Waals surface area contributed by atoms with Crippen LogP contribution in [0.25, 0.3) is 0 Å². The van der Waals surface area contributed by atoms with Gasteiger partial charge in [-0.05, 0) is 55.4 Å². The smallest absolute Gasteiger partial charge is 0.109 e. The SMILES string of the molecule is C=C(C)C.C=C(C)NC(C(=C)CC)(c1ccccc1)c1cccc(C(C)C)c1.CCC. The monoisotopic (exact) mass is 419 g/mol. The molecule has 0 aromatic heterocycles. The Morgan fingerprint density at radius 1 is 0.839 bits per heavy atom. The van der Waals surface area contributed by atoms with E-state index in [-0.39, 0.29) is 0 Å². The molecule has 0 spiro atoms. The van der Waals surface area contributed by atoms with Gasteiger partial charge in [0.1, 0.15) is 5.54 Å². The summed E-state index contributed by atoms with van der Waals surface area (Å²) in [5, 5.41) is 3.65. The molecule has 0 saturated carbocycles. The first-order valence-corrected chi connectivity index (χ1v) is 11.5. The van der Waals surface area contributed by atoms with Gasteiger partial charge in [-0.25, -0.2) is 0 Å². The van der Waals surface area contributed by atoms with Gasteiger partial charge in [0, 0.05) is 5.70 Å². The van der Waals surface area contributed by atoms with E-state index in [1.165, 1.54) is 28.7 Å². The maximum atomic E-state index is 4.42. The summed E-state index contributed by atoms with van der Waals surface area (Å²) in [6.45, 7) is 28.9. The van der Waals surface area contributed by atoms with Crippen LogP contribution in [0.2, 0.25) is 0 Å². The molecule has 1 heteroatoms. The van der Waals surface area contributed by atoms with Crippen LogP contribution < -0.4 is 5.32 Å². The largest absolute Gasteiger partial charge is 0.372 e. The van der Waals surface area contributed by atoms with E-state index < -0.39 is 5.54 Å². The molecule has 2 aromatic carbocycles. The number of rotatable bonds is 7. The second-order valence-corrected chi connectivity index (χ2v) is 8.67. The Balaban J connectivity index is 0.00000113. The normalized spacial score (nSPS) is 11.8. The highest BCUT2D eigenvalue weighted by Gasteiger charge is 2.36. The molecule has 0 aliphatic heterocycles. The van der Waals surface area contributed by atoms with E-state index in [4.69, 9.17) is 0 Å². The zero-order valence-corrected chi connectivity index (χ0v) is 21.3. The summed E-state index contributed by atoms with van der Waals surface area (Å²) in [4.78, 5) is 0. The van der Waals surface area contributed by atoms with Crippen LogP contribution in [-0.2, 0) is 5.54 Å². The Morgan fingerprint density at radius 2 is 1.32 bits per heavy atom. The summed E-state index contributed by atoms with van der Waals surface area (Å²) >= 11 is 0. The zero-order chi connectivity index (χ0) is 24.0. The minimum Gasteiger partial charge on any atom is -0.372 e. The molecule has 0 heterocycles. The van der Waals surface area contributed by atoms with Crippen LogP contribution in [0.15, 0.2) is 91.2 Å². The standard InChI is InChI=1S/C23H29N.C4H8.C3H8/c1-7-19(6)23(24-18(4)5,21-13-9-8-10-14-21)22-15-11-12-20(16-22)17(2)3;1-4(2)3;1-3-2/h8-17,24H,4,6-7H2,1-3,5H3;1H2,2-3H3;3H2,1-2H3. The highest BCUT2D eigenvalue weighted by atomic mass is 15.0. The molecule has 0 radical (unpaired) electrons. The van der Waals surface area contributed by atoms with E-state index in [0.29, 0.717) is 5.92 Å². The van der Waals surface area contributed by atoms with Gasteiger partial charge >= 0.3 is 0 Å². The van der Waals surface area contributed by atoms with Gasteiger partial charge in [0.25, 0.3) is 0 Å². The first-order valence-electron chi connectivity index (χ1n) is 11.5. The number of benzene rings is 2. The predicted molar refractivity (Wildman–Crippen MR) is 142 cm³/mol. The minimum atomic E-state index is -0.452. The predicted octanol–water partition coefficient (Wildman–Crippen LogP) is 9.14. The van der Waals surface area contributed by atoms with Gasteiger partial charge in [-0.15, -0.1) is 6.58 Å². The molecule has 1 atom stereocenters. The molecule has 1 nitrogen and oxygen atoms in total. The van der Waals surface area contributed by atoms with Crippen LogP contribution >= 0.6 is 0 Å². The van der Waals surface area contributed by atoms with Gasteiger partial charge in [0.15, 0.2) is 0 Å². The summed E-state index contributed by atoms with van der Waals surface area (Å²) in [6.07, 6.45) is 2.14. The molecule has 0 bridgehead atoms. The average molecular weight is 420 g/mol. The van der Waals surface area contributed by atoms with Crippen molar-refractivity contribution in [1.29, 1.82) is 0 Å². The van der Waals surface area contributed by atoms with Crippen molar-refractivity contribution < 1.29 is 0 Å². The lowest BCUT2D eigenvalue weighted by atomic mass is 9.75. The molecule has 0 amide bonds. The van der Waals surface area contributed by atoms with E-state index in [9.17, 15) is 0 Å². The van der Waals surface area contributed by atoms with E-state index in [1.807, 2.05) is 26.8 Å². The van der Waals surface area contributed by atoms with Crippen molar-refractivity contribution in [3.63, 3.8) is 0 Å². The van der Waals surface area contributed by atoms with Crippen LogP contribution in [0.1, 0.15) is 90.8 Å². The van der Waals surface area contributed by atoms with Gasteiger partial charge in [0.2, 0.25) is 0 Å². The summed E-state index contributed by atoms with van der Waals surface area (Å²) in [5.41, 5.74) is 6.53. The lowest BCUT2D eigenvalue weighted by molar-refractivity contribution is 0.505. The topological polar surface area (TPSA) is 12.0 Å². The third kappa shape index (κ3) is 9.00. The molecule has 2 aromatic rings. The maximum absolute atomic E-state index is 4.42. The molecule has 0 aliphatic carbocycles. The lowest BCUT2D eigenvalue weighted by Crippen LogP contribution is -2.43. The fourth-order valence-corrected chi connectivity index (χ4v) is 3.21. The fraction of sp³-hybridized carbons (Fsp3) is 0.400. The Bertz CT molecular complexity index is 809. The minimum absolute atomic E-state index is 0.452. The van der Waals surface area contributed by atoms with Gasteiger partial charge in [-0.1, -0.05) is 114 Å². The van der Waals surface area contributed by atoms with Gasteiger partial charge in [-0.2, -0.15) is 0 Å². The van der Waals surface area contributed by atoms with E-state index in [2.05, 4.69) is 108 Å². The van der Waals surface area contributed by atoms with Crippen LogP contribution in [0.3, 0.4) is 0 Å². The van der Waals surface area contributed by atoms with Crippen LogP contribution in [-0.4, -0.2) is 0 Å². The summed E-state index contributed by atoms with van der Waals surface area (Å²) < 4.78 is 0. The van der Waals surface area contributed by atoms with Gasteiger partial charge in [0.05, 0.1) is 0 Å². The summed E-state index contributed by atoms with van der Waals surface area (Å²) in [6, 6.07) is 19.4. The Labute approximate surface area is 193 Å². The Kier molecular flexibility index (Phi) is 13.3. The highest BCUT2D eigenvalue weighted by Crippen LogP contribution is 2.39. The van der Waals surface area contributed by atoms with Crippen LogP contribution in [0.4, 0.5) is 0 Å². The second-order valence-electron chi connectivity index (χ2n) is 8.67. The lowest BCUT2D eigenvalue weighted by Gasteiger charge is -2.39. The molecular formula is C30H45N. The van der Waals surface area contributed by atoms with Crippen LogP contribution in [0.5, 0.6) is 0 Å². The van der Waals surface area contributed by atoms with Crippen molar-refractivity contribution in [2.45, 2.75) is 79.7 Å². The third-order valence-electron chi connectivity index (χ3n) is 4.55. The molecule has 0 fully saturated rings. The van der Waals surface area contributed by atoms with Crippen molar-refractivity contribution in [2.75, 3.05) is 0 Å². The molecule has 1 N–H and O–H groups in total. The quantitative estimate of drug-likeness (QED) is 0.441. The molecule has 0 saturated heterocycles. The van der Waals surface area contributed by atoms with Crippen molar-refractivity contribution in [3.8, 4) is 0 Å². The fourth-order valence-electron chi connectivity index (χ4n) is 3.21. The summed E-state index contributed by atoms with van der Waals surface area (Å²) in [7, 11) is 0. The van der Waals surface area contributed by atoms with Gasteiger partial charge in [-0.3, -0.25) is 0 Å². The van der Waals surface area contributed by atoms with Crippen molar-refractivity contribution in [1.82, 2.24) is 5.32 Å². The Morgan fingerprint density at radius 3 is 1.74 bits per heavy atom. The molecule has 2 rings (SSSR count). The number of hydrogen-bond donors (Lipinski definition) is 1. The zero-order valence-electron chi connectivity index (χ0n) is 21.3. The number of allylic oxidation sites excluding steroid dienone is 2. The average Bonchev–Trinajstić information content (AvgIpc) is 2.72. The molecule has 1 unspecified atom stereocenters. The highest BCUT2D eigenvalue weighted by molar-refractivity contribution is 5.49.